The Morgan fingerprint density at radius 2 is 1.80 bits per heavy atom. The fourth-order valence-electron chi connectivity index (χ4n) is 5.59. The van der Waals surface area contributed by atoms with Crippen molar-refractivity contribution in [2.45, 2.75) is 50.7 Å². The summed E-state index contributed by atoms with van der Waals surface area (Å²) in [6.45, 7) is 6.78. The van der Waals surface area contributed by atoms with Crippen molar-refractivity contribution in [1.82, 2.24) is 19.4 Å². The summed E-state index contributed by atoms with van der Waals surface area (Å²) in [5.74, 6) is 0.110. The van der Waals surface area contributed by atoms with Crippen LogP contribution in [0.5, 0.6) is 0 Å². The minimum Gasteiger partial charge on any atom is -0.388 e. The van der Waals surface area contributed by atoms with Gasteiger partial charge in [0.2, 0.25) is 11.8 Å². The minimum atomic E-state index is -1.10. The summed E-state index contributed by atoms with van der Waals surface area (Å²) < 4.78 is 6.78. The Balaban J connectivity index is 1.15. The number of morpholine rings is 1. The van der Waals surface area contributed by atoms with E-state index in [2.05, 4.69) is 22.1 Å². The average Bonchev–Trinajstić information content (AvgIpc) is 2.99. The van der Waals surface area contributed by atoms with Gasteiger partial charge >= 0.3 is 0 Å². The van der Waals surface area contributed by atoms with Gasteiger partial charge in [0, 0.05) is 51.3 Å². The number of rotatable bonds is 9. The lowest BCUT2D eigenvalue weighted by Crippen LogP contribution is -2.49. The van der Waals surface area contributed by atoms with Gasteiger partial charge in [-0.1, -0.05) is 37.3 Å². The Labute approximate surface area is 239 Å². The van der Waals surface area contributed by atoms with E-state index in [0.717, 1.165) is 18.7 Å². The van der Waals surface area contributed by atoms with Gasteiger partial charge in [-0.25, -0.2) is 4.98 Å². The molecule has 2 saturated heterocycles. The second-order valence-corrected chi connectivity index (χ2v) is 11.3. The number of aromatic nitrogens is 2. The maximum atomic E-state index is 13.2. The van der Waals surface area contributed by atoms with Crippen LogP contribution in [0.1, 0.15) is 44.1 Å². The fraction of sp³-hybridized carbons (Fsp3) is 0.484. The summed E-state index contributed by atoms with van der Waals surface area (Å²) in [5.41, 5.74) is 0.859. The molecule has 3 aromatic rings. The predicted molar refractivity (Wildman–Crippen MR) is 157 cm³/mol. The number of hydrogen-bond donors (Lipinski definition) is 2. The number of nitrogens with zero attached hydrogens (tertiary/aromatic N) is 4. The lowest BCUT2D eigenvalue weighted by molar-refractivity contribution is -0.136. The molecule has 2 N–H and O–H groups in total. The van der Waals surface area contributed by atoms with E-state index in [1.165, 1.54) is 10.9 Å². The summed E-state index contributed by atoms with van der Waals surface area (Å²) in [6, 6.07) is 15.1. The van der Waals surface area contributed by atoms with Crippen LogP contribution in [-0.4, -0.2) is 87.8 Å². The van der Waals surface area contributed by atoms with Crippen LogP contribution in [0.3, 0.4) is 0 Å². The van der Waals surface area contributed by atoms with Crippen LogP contribution in [0.25, 0.3) is 10.9 Å². The first kappa shape index (κ1) is 28.9. The largest absolute Gasteiger partial charge is 0.388 e. The van der Waals surface area contributed by atoms with Crippen molar-refractivity contribution in [3.05, 3.63) is 70.8 Å². The van der Waals surface area contributed by atoms with Crippen molar-refractivity contribution >= 4 is 28.4 Å². The molecule has 41 heavy (non-hydrogen) atoms. The van der Waals surface area contributed by atoms with Gasteiger partial charge in [-0.2, -0.15) is 0 Å². The molecule has 0 bridgehead atoms. The molecule has 3 heterocycles. The Morgan fingerprint density at radius 3 is 2.54 bits per heavy atom. The van der Waals surface area contributed by atoms with Crippen LogP contribution >= 0.6 is 0 Å². The van der Waals surface area contributed by atoms with Crippen molar-refractivity contribution in [2.75, 3.05) is 51.3 Å². The molecule has 0 spiro atoms. The van der Waals surface area contributed by atoms with Crippen molar-refractivity contribution < 1.29 is 19.4 Å². The summed E-state index contributed by atoms with van der Waals surface area (Å²) in [6.07, 6.45) is 3.02. The first-order valence-electron chi connectivity index (χ1n) is 14.4. The number of aliphatic hydroxyl groups is 1. The highest BCUT2D eigenvalue weighted by Crippen LogP contribution is 2.26. The maximum Gasteiger partial charge on any atom is 0.261 e. The highest BCUT2D eigenvalue weighted by Gasteiger charge is 2.35. The zero-order valence-electron chi connectivity index (χ0n) is 23.6. The van der Waals surface area contributed by atoms with Gasteiger partial charge in [-0.05, 0) is 42.5 Å². The molecule has 2 aliphatic rings. The Bertz CT molecular complexity index is 1410. The SMILES string of the molecule is CC(CC(=O)N1CCC(O)(Cn2cnc3cc(NC(=O)CCN4CCOCC4)ccc3c2=O)CC1)c1ccccc1. The molecule has 0 aliphatic carbocycles. The third kappa shape index (κ3) is 7.38. The van der Waals surface area contributed by atoms with Gasteiger partial charge in [0.1, 0.15) is 0 Å². The average molecular weight is 562 g/mol. The number of fused-ring (bicyclic) bond motifs is 1. The molecule has 218 valence electrons. The topological polar surface area (TPSA) is 117 Å². The molecule has 5 rings (SSSR count). The smallest absolute Gasteiger partial charge is 0.261 e. The van der Waals surface area contributed by atoms with Crippen LogP contribution in [-0.2, 0) is 20.9 Å². The molecule has 0 saturated carbocycles. The van der Waals surface area contributed by atoms with Crippen molar-refractivity contribution in [2.24, 2.45) is 0 Å². The number of benzene rings is 2. The molecule has 2 amide bonds. The molecule has 10 nitrogen and oxygen atoms in total. The van der Waals surface area contributed by atoms with Crippen LogP contribution in [0.4, 0.5) is 5.69 Å². The van der Waals surface area contributed by atoms with E-state index >= 15 is 0 Å². The summed E-state index contributed by atoms with van der Waals surface area (Å²) >= 11 is 0. The standard InChI is InChI=1S/C31H39N5O5/c1-23(24-5-3-2-4-6-24)19-29(38)35-13-10-31(40,11-14-35)21-36-22-32-27-20-25(7-8-26(27)30(36)39)33-28(37)9-12-34-15-17-41-18-16-34/h2-8,20,22-23,40H,9-19,21H2,1H3,(H,33,37). The molecular weight excluding hydrogens is 522 g/mol. The second kappa shape index (κ2) is 12.9. The first-order chi connectivity index (χ1) is 19.8. The van der Waals surface area contributed by atoms with Gasteiger partial charge in [0.15, 0.2) is 0 Å². The van der Waals surface area contributed by atoms with Crippen molar-refractivity contribution in [1.29, 1.82) is 0 Å². The molecule has 1 aromatic heterocycles. The van der Waals surface area contributed by atoms with Crippen LogP contribution < -0.4 is 10.9 Å². The number of ether oxygens (including phenoxy) is 1. The van der Waals surface area contributed by atoms with E-state index in [1.807, 2.05) is 35.2 Å². The quantitative estimate of drug-likeness (QED) is 0.413. The van der Waals surface area contributed by atoms with E-state index in [4.69, 9.17) is 4.74 Å². The number of anilines is 1. The third-order valence-electron chi connectivity index (χ3n) is 8.23. The molecule has 1 atom stereocenters. The number of hydrogen-bond acceptors (Lipinski definition) is 7. The Hall–Kier alpha value is -3.60. The number of amides is 2. The predicted octanol–water partition coefficient (Wildman–Crippen LogP) is 2.60. The molecule has 2 fully saturated rings. The zero-order chi connectivity index (χ0) is 28.8. The monoisotopic (exact) mass is 561 g/mol. The molecule has 10 heteroatoms. The van der Waals surface area contributed by atoms with E-state index in [9.17, 15) is 19.5 Å². The second-order valence-electron chi connectivity index (χ2n) is 11.3. The highest BCUT2D eigenvalue weighted by atomic mass is 16.5. The summed E-state index contributed by atoms with van der Waals surface area (Å²) in [7, 11) is 0. The van der Waals surface area contributed by atoms with Crippen LogP contribution in [0.15, 0.2) is 59.7 Å². The van der Waals surface area contributed by atoms with Crippen LogP contribution in [0.2, 0.25) is 0 Å². The number of likely N-dealkylation sites (tertiary alicyclic amines) is 1. The Morgan fingerprint density at radius 1 is 1.07 bits per heavy atom. The van der Waals surface area contributed by atoms with E-state index in [1.54, 1.807) is 18.2 Å². The van der Waals surface area contributed by atoms with Gasteiger partial charge in [0.25, 0.3) is 5.56 Å². The van der Waals surface area contributed by atoms with Crippen LogP contribution in [0, 0.1) is 0 Å². The maximum absolute atomic E-state index is 13.2. The number of carbonyl (C=O) groups excluding carboxylic acids is 2. The Kier molecular flexibility index (Phi) is 9.12. The number of carbonyl (C=O) groups is 2. The fourth-order valence-corrected chi connectivity index (χ4v) is 5.59. The van der Waals surface area contributed by atoms with E-state index < -0.39 is 5.60 Å². The van der Waals surface area contributed by atoms with Crippen molar-refractivity contribution in [3.63, 3.8) is 0 Å². The lowest BCUT2D eigenvalue weighted by atomic mass is 9.90. The molecule has 0 radical (unpaired) electrons. The summed E-state index contributed by atoms with van der Waals surface area (Å²) in [4.78, 5) is 47.0. The van der Waals surface area contributed by atoms with Gasteiger partial charge in [-0.3, -0.25) is 23.9 Å². The highest BCUT2D eigenvalue weighted by molar-refractivity contribution is 5.93. The number of piperidine rings is 1. The minimum absolute atomic E-state index is 0.0805. The molecule has 1 unspecified atom stereocenters. The third-order valence-corrected chi connectivity index (χ3v) is 8.23. The molecule has 2 aromatic carbocycles. The molecule has 2 aliphatic heterocycles. The number of nitrogens with one attached hydrogen (secondary N) is 1. The van der Waals surface area contributed by atoms with Gasteiger partial charge < -0.3 is 20.1 Å². The summed E-state index contributed by atoms with van der Waals surface area (Å²) in [5, 5.41) is 14.6. The van der Waals surface area contributed by atoms with E-state index in [-0.39, 0.29) is 29.8 Å². The van der Waals surface area contributed by atoms with Gasteiger partial charge in [0.05, 0.1) is 42.6 Å². The van der Waals surface area contributed by atoms with Crippen molar-refractivity contribution in [3.8, 4) is 0 Å². The zero-order valence-corrected chi connectivity index (χ0v) is 23.6. The lowest BCUT2D eigenvalue weighted by Gasteiger charge is -2.38. The van der Waals surface area contributed by atoms with Gasteiger partial charge in [-0.15, -0.1) is 0 Å². The normalized spacial score (nSPS) is 18.2. The van der Waals surface area contributed by atoms with E-state index in [0.29, 0.717) is 75.1 Å². The molecular formula is C31H39N5O5. The first-order valence-corrected chi connectivity index (χ1v) is 14.4.